The highest BCUT2D eigenvalue weighted by Crippen LogP contribution is 2.20. The molecular formula is C16H22ClN3O2. The molecule has 22 heavy (non-hydrogen) atoms. The third-order valence-corrected chi connectivity index (χ3v) is 4.44. The fraction of sp³-hybridized carbons (Fsp3) is 0.562. The first-order valence-electron chi connectivity index (χ1n) is 7.82. The number of hydrogen-bond acceptors (Lipinski definition) is 4. The number of hydrogen-bond donors (Lipinski definition) is 1. The van der Waals surface area contributed by atoms with Crippen LogP contribution in [0.2, 0.25) is 5.02 Å². The van der Waals surface area contributed by atoms with Crippen molar-refractivity contribution < 1.29 is 9.53 Å². The van der Waals surface area contributed by atoms with E-state index in [0.717, 1.165) is 43.9 Å². The Bertz CT molecular complexity index is 526. The normalized spacial score (nSPS) is 20.1. The average molecular weight is 324 g/mol. The third-order valence-electron chi connectivity index (χ3n) is 4.20. The average Bonchev–Trinajstić information content (AvgIpc) is 2.57. The van der Waals surface area contributed by atoms with Crippen molar-refractivity contribution in [3.63, 3.8) is 0 Å². The molecule has 0 spiro atoms. The number of ether oxygens (including phenoxy) is 1. The van der Waals surface area contributed by atoms with Crippen molar-refractivity contribution in [1.29, 1.82) is 0 Å². The summed E-state index contributed by atoms with van der Waals surface area (Å²) in [4.78, 5) is 17.0. The lowest BCUT2D eigenvalue weighted by Crippen LogP contribution is -2.44. The van der Waals surface area contributed by atoms with Gasteiger partial charge in [0.05, 0.1) is 13.2 Å². The Morgan fingerprint density at radius 2 is 1.91 bits per heavy atom. The number of morpholine rings is 1. The SMILES string of the molecule is O=C(c1cc(Cl)ccc1CN1CCNCC1)N1CCOCC1. The van der Waals surface area contributed by atoms with Gasteiger partial charge < -0.3 is 15.0 Å². The molecule has 2 aliphatic rings. The van der Waals surface area contributed by atoms with Gasteiger partial charge in [-0.15, -0.1) is 0 Å². The fourth-order valence-corrected chi connectivity index (χ4v) is 3.10. The summed E-state index contributed by atoms with van der Waals surface area (Å²) in [5.41, 5.74) is 1.79. The van der Waals surface area contributed by atoms with Crippen LogP contribution >= 0.6 is 11.6 Å². The van der Waals surface area contributed by atoms with Crippen LogP contribution in [0.4, 0.5) is 0 Å². The van der Waals surface area contributed by atoms with E-state index in [9.17, 15) is 4.79 Å². The number of carbonyl (C=O) groups is 1. The maximum absolute atomic E-state index is 12.8. The number of nitrogens with one attached hydrogen (secondary N) is 1. The van der Waals surface area contributed by atoms with Gasteiger partial charge in [0, 0.05) is 56.4 Å². The Morgan fingerprint density at radius 3 is 2.64 bits per heavy atom. The predicted molar refractivity (Wildman–Crippen MR) is 86.3 cm³/mol. The standard InChI is InChI=1S/C16H22ClN3O2/c17-14-2-1-13(12-19-5-3-18-4-6-19)15(11-14)16(21)20-7-9-22-10-8-20/h1-2,11,18H,3-10,12H2. The van der Waals surface area contributed by atoms with Crippen LogP contribution in [0, 0.1) is 0 Å². The quantitative estimate of drug-likeness (QED) is 0.908. The summed E-state index contributed by atoms with van der Waals surface area (Å²) in [6.45, 7) is 7.34. The van der Waals surface area contributed by atoms with Crippen LogP contribution in [0.25, 0.3) is 0 Å². The number of nitrogens with zero attached hydrogens (tertiary/aromatic N) is 2. The van der Waals surface area contributed by atoms with Crippen molar-refractivity contribution in [2.24, 2.45) is 0 Å². The maximum atomic E-state index is 12.8. The fourth-order valence-electron chi connectivity index (χ4n) is 2.93. The smallest absolute Gasteiger partial charge is 0.254 e. The van der Waals surface area contributed by atoms with Crippen LogP contribution in [-0.4, -0.2) is 68.2 Å². The molecule has 1 N–H and O–H groups in total. The molecule has 2 saturated heterocycles. The van der Waals surface area contributed by atoms with E-state index in [4.69, 9.17) is 16.3 Å². The Kier molecular flexibility index (Phi) is 5.31. The van der Waals surface area contributed by atoms with Crippen LogP contribution < -0.4 is 5.32 Å². The highest BCUT2D eigenvalue weighted by atomic mass is 35.5. The van der Waals surface area contributed by atoms with Crippen molar-refractivity contribution >= 4 is 17.5 Å². The molecule has 0 aliphatic carbocycles. The molecule has 2 fully saturated rings. The Labute approximate surface area is 136 Å². The van der Waals surface area contributed by atoms with Crippen molar-refractivity contribution in [3.05, 3.63) is 34.3 Å². The zero-order chi connectivity index (χ0) is 15.4. The molecule has 1 aromatic carbocycles. The first-order valence-corrected chi connectivity index (χ1v) is 8.20. The second-order valence-electron chi connectivity index (χ2n) is 5.73. The molecule has 0 bridgehead atoms. The second-order valence-corrected chi connectivity index (χ2v) is 6.17. The van der Waals surface area contributed by atoms with E-state index in [1.165, 1.54) is 0 Å². The molecule has 0 saturated carbocycles. The maximum Gasteiger partial charge on any atom is 0.254 e. The molecule has 0 aromatic heterocycles. The van der Waals surface area contributed by atoms with Gasteiger partial charge in [0.15, 0.2) is 0 Å². The van der Waals surface area contributed by atoms with E-state index < -0.39 is 0 Å². The number of carbonyl (C=O) groups excluding carboxylic acids is 1. The van der Waals surface area contributed by atoms with Crippen molar-refractivity contribution in [2.45, 2.75) is 6.54 Å². The zero-order valence-corrected chi connectivity index (χ0v) is 13.4. The van der Waals surface area contributed by atoms with Gasteiger partial charge >= 0.3 is 0 Å². The lowest BCUT2D eigenvalue weighted by Gasteiger charge is -2.30. The van der Waals surface area contributed by atoms with Gasteiger partial charge in [-0.05, 0) is 17.7 Å². The van der Waals surface area contributed by atoms with Gasteiger partial charge in [0.25, 0.3) is 5.91 Å². The minimum absolute atomic E-state index is 0.0657. The van der Waals surface area contributed by atoms with E-state index in [-0.39, 0.29) is 5.91 Å². The first-order chi connectivity index (χ1) is 10.7. The molecule has 6 heteroatoms. The van der Waals surface area contributed by atoms with Crippen molar-refractivity contribution in [1.82, 2.24) is 15.1 Å². The Hall–Kier alpha value is -1.14. The molecule has 3 rings (SSSR count). The van der Waals surface area contributed by atoms with Crippen molar-refractivity contribution in [2.75, 3.05) is 52.5 Å². The van der Waals surface area contributed by atoms with Crippen LogP contribution in [0.5, 0.6) is 0 Å². The second kappa shape index (κ2) is 7.42. The molecule has 2 aliphatic heterocycles. The Morgan fingerprint density at radius 1 is 1.18 bits per heavy atom. The summed E-state index contributed by atoms with van der Waals surface area (Å²) in [5.74, 6) is 0.0657. The minimum Gasteiger partial charge on any atom is -0.378 e. The lowest BCUT2D eigenvalue weighted by molar-refractivity contribution is 0.0301. The lowest BCUT2D eigenvalue weighted by atomic mass is 10.0. The number of amides is 1. The largest absolute Gasteiger partial charge is 0.378 e. The molecule has 0 unspecified atom stereocenters. The molecule has 5 nitrogen and oxygen atoms in total. The summed E-state index contributed by atoms with van der Waals surface area (Å²) in [7, 11) is 0. The van der Waals surface area contributed by atoms with E-state index in [1.54, 1.807) is 6.07 Å². The molecular weight excluding hydrogens is 302 g/mol. The van der Waals surface area contributed by atoms with Gasteiger partial charge in [-0.1, -0.05) is 17.7 Å². The topological polar surface area (TPSA) is 44.8 Å². The number of piperazine rings is 1. The number of rotatable bonds is 3. The molecule has 1 aromatic rings. The van der Waals surface area contributed by atoms with E-state index in [1.807, 2.05) is 17.0 Å². The Balaban J connectivity index is 1.78. The van der Waals surface area contributed by atoms with E-state index in [2.05, 4.69) is 10.2 Å². The van der Waals surface area contributed by atoms with Gasteiger partial charge in [0.1, 0.15) is 0 Å². The van der Waals surface area contributed by atoms with Crippen LogP contribution in [0.1, 0.15) is 15.9 Å². The van der Waals surface area contributed by atoms with Gasteiger partial charge in [-0.2, -0.15) is 0 Å². The molecule has 0 radical (unpaired) electrons. The summed E-state index contributed by atoms with van der Waals surface area (Å²) in [5, 5.41) is 3.96. The predicted octanol–water partition coefficient (Wildman–Crippen LogP) is 1.22. The van der Waals surface area contributed by atoms with Crippen molar-refractivity contribution in [3.8, 4) is 0 Å². The third kappa shape index (κ3) is 3.79. The van der Waals surface area contributed by atoms with Gasteiger partial charge in [-0.25, -0.2) is 0 Å². The number of halogens is 1. The molecule has 120 valence electrons. The van der Waals surface area contributed by atoms with Crippen LogP contribution in [0.3, 0.4) is 0 Å². The zero-order valence-electron chi connectivity index (χ0n) is 12.7. The molecule has 1 amide bonds. The molecule has 2 heterocycles. The summed E-state index contributed by atoms with van der Waals surface area (Å²) in [6.07, 6.45) is 0. The highest BCUT2D eigenvalue weighted by Gasteiger charge is 2.22. The summed E-state index contributed by atoms with van der Waals surface area (Å²) < 4.78 is 5.33. The monoisotopic (exact) mass is 323 g/mol. The van der Waals surface area contributed by atoms with Gasteiger partial charge in [-0.3, -0.25) is 9.69 Å². The van der Waals surface area contributed by atoms with Crippen LogP contribution in [-0.2, 0) is 11.3 Å². The number of benzene rings is 1. The summed E-state index contributed by atoms with van der Waals surface area (Å²) in [6, 6.07) is 5.66. The summed E-state index contributed by atoms with van der Waals surface area (Å²) >= 11 is 6.12. The molecule has 0 atom stereocenters. The van der Waals surface area contributed by atoms with Crippen LogP contribution in [0.15, 0.2) is 18.2 Å². The van der Waals surface area contributed by atoms with E-state index in [0.29, 0.717) is 31.3 Å². The van der Waals surface area contributed by atoms with E-state index >= 15 is 0 Å². The highest BCUT2D eigenvalue weighted by molar-refractivity contribution is 6.31. The first kappa shape index (κ1) is 15.7. The minimum atomic E-state index is 0.0657. The van der Waals surface area contributed by atoms with Gasteiger partial charge in [0.2, 0.25) is 0 Å².